The van der Waals surface area contributed by atoms with Crippen molar-refractivity contribution in [3.05, 3.63) is 28.8 Å². The number of rotatable bonds is 1. The van der Waals surface area contributed by atoms with Crippen LogP contribution in [0.2, 0.25) is 5.02 Å². The Bertz CT molecular complexity index is 529. The standard InChI is InChI=1S/C11H10ClN3O2/c12-7-2-1-3-8-6(7)4-15-9(5-16)10(17)14-11(15)13-8/h1-3,9,16H,4-5H2,(H,13,14,17). The minimum absolute atomic E-state index is 0.227. The van der Waals surface area contributed by atoms with Gasteiger partial charge in [0.15, 0.2) is 0 Å². The van der Waals surface area contributed by atoms with Crippen LogP contribution in [0.1, 0.15) is 5.56 Å². The zero-order valence-corrected chi connectivity index (χ0v) is 9.61. The first-order chi connectivity index (χ1) is 8.20. The van der Waals surface area contributed by atoms with E-state index in [9.17, 15) is 9.90 Å². The van der Waals surface area contributed by atoms with Gasteiger partial charge in [-0.2, -0.15) is 0 Å². The van der Waals surface area contributed by atoms with Crippen molar-refractivity contribution in [3.63, 3.8) is 0 Å². The molecule has 0 saturated carbocycles. The maximum Gasteiger partial charge on any atom is 0.251 e. The molecule has 1 aromatic rings. The highest BCUT2D eigenvalue weighted by Gasteiger charge is 2.38. The minimum atomic E-state index is -0.571. The molecule has 1 aromatic carbocycles. The molecule has 2 aliphatic heterocycles. The second-order valence-corrected chi connectivity index (χ2v) is 4.40. The number of aliphatic imine (C=N–C) groups is 1. The number of nitrogens with zero attached hydrogens (tertiary/aromatic N) is 2. The Hall–Kier alpha value is -1.59. The molecule has 0 aromatic heterocycles. The summed E-state index contributed by atoms with van der Waals surface area (Å²) in [6.07, 6.45) is 0. The first kappa shape index (κ1) is 10.6. The largest absolute Gasteiger partial charge is 0.394 e. The van der Waals surface area contributed by atoms with Gasteiger partial charge in [-0.05, 0) is 12.1 Å². The van der Waals surface area contributed by atoms with Gasteiger partial charge < -0.3 is 10.0 Å². The number of carbonyl (C=O) groups is 1. The number of nitrogens with one attached hydrogen (secondary N) is 1. The Morgan fingerprint density at radius 3 is 3.18 bits per heavy atom. The summed E-state index contributed by atoms with van der Waals surface area (Å²) in [6, 6.07) is 4.89. The van der Waals surface area contributed by atoms with Gasteiger partial charge in [0.05, 0.1) is 18.8 Å². The predicted octanol–water partition coefficient (Wildman–Crippen LogP) is 0.634. The van der Waals surface area contributed by atoms with E-state index in [0.717, 1.165) is 11.3 Å². The number of aliphatic hydroxyl groups excluding tert-OH is 1. The van der Waals surface area contributed by atoms with Crippen LogP contribution in [0.5, 0.6) is 0 Å². The molecular weight excluding hydrogens is 242 g/mol. The molecule has 2 heterocycles. The van der Waals surface area contributed by atoms with Gasteiger partial charge in [0, 0.05) is 10.6 Å². The van der Waals surface area contributed by atoms with E-state index in [4.69, 9.17) is 11.6 Å². The summed E-state index contributed by atoms with van der Waals surface area (Å²) in [7, 11) is 0. The Balaban J connectivity index is 2.07. The fourth-order valence-electron chi connectivity index (χ4n) is 2.11. The van der Waals surface area contributed by atoms with Crippen molar-refractivity contribution in [2.45, 2.75) is 12.6 Å². The van der Waals surface area contributed by atoms with Crippen molar-refractivity contribution < 1.29 is 9.90 Å². The van der Waals surface area contributed by atoms with Crippen LogP contribution in [0, 0.1) is 0 Å². The maximum absolute atomic E-state index is 11.6. The van der Waals surface area contributed by atoms with Crippen molar-refractivity contribution in [1.82, 2.24) is 10.2 Å². The molecule has 1 atom stereocenters. The van der Waals surface area contributed by atoms with E-state index in [-0.39, 0.29) is 12.5 Å². The molecule has 1 amide bonds. The van der Waals surface area contributed by atoms with E-state index in [1.807, 2.05) is 12.1 Å². The summed E-state index contributed by atoms with van der Waals surface area (Å²) in [4.78, 5) is 17.6. The van der Waals surface area contributed by atoms with Crippen molar-refractivity contribution in [3.8, 4) is 0 Å². The Kier molecular flexibility index (Phi) is 2.31. The van der Waals surface area contributed by atoms with E-state index in [1.165, 1.54) is 0 Å². The van der Waals surface area contributed by atoms with Gasteiger partial charge in [-0.3, -0.25) is 10.1 Å². The highest BCUT2D eigenvalue weighted by Crippen LogP contribution is 2.33. The number of halogens is 1. The van der Waals surface area contributed by atoms with Crippen molar-refractivity contribution in [1.29, 1.82) is 0 Å². The zero-order valence-electron chi connectivity index (χ0n) is 8.85. The summed E-state index contributed by atoms with van der Waals surface area (Å²) in [5.74, 6) is 0.263. The van der Waals surface area contributed by atoms with Gasteiger partial charge in [-0.1, -0.05) is 17.7 Å². The van der Waals surface area contributed by atoms with Gasteiger partial charge in [0.2, 0.25) is 5.96 Å². The topological polar surface area (TPSA) is 64.9 Å². The van der Waals surface area contributed by atoms with E-state index in [0.29, 0.717) is 17.5 Å². The van der Waals surface area contributed by atoms with E-state index in [2.05, 4.69) is 10.3 Å². The van der Waals surface area contributed by atoms with Gasteiger partial charge in [-0.15, -0.1) is 0 Å². The molecule has 0 spiro atoms. The molecule has 17 heavy (non-hydrogen) atoms. The molecule has 0 aliphatic carbocycles. The Morgan fingerprint density at radius 2 is 2.41 bits per heavy atom. The molecular formula is C11H10ClN3O2. The van der Waals surface area contributed by atoms with Crippen molar-refractivity contribution >= 4 is 29.2 Å². The Labute approximate surface area is 103 Å². The molecule has 88 valence electrons. The molecule has 1 fully saturated rings. The summed E-state index contributed by atoms with van der Waals surface area (Å²) in [5, 5.41) is 12.5. The second-order valence-electron chi connectivity index (χ2n) is 3.99. The molecule has 5 nitrogen and oxygen atoms in total. The number of benzene rings is 1. The summed E-state index contributed by atoms with van der Waals surface area (Å²) in [6.45, 7) is 0.252. The minimum Gasteiger partial charge on any atom is -0.394 e. The van der Waals surface area contributed by atoms with Gasteiger partial charge in [0.1, 0.15) is 6.04 Å². The molecule has 1 unspecified atom stereocenters. The lowest BCUT2D eigenvalue weighted by Crippen LogP contribution is -2.39. The number of hydrogen-bond donors (Lipinski definition) is 2. The van der Waals surface area contributed by atoms with E-state index in [1.54, 1.807) is 11.0 Å². The zero-order chi connectivity index (χ0) is 12.0. The molecule has 6 heteroatoms. The first-order valence-corrected chi connectivity index (χ1v) is 5.63. The number of aliphatic hydroxyl groups is 1. The third-order valence-electron chi connectivity index (χ3n) is 3.01. The normalized spacial score (nSPS) is 21.8. The number of guanidine groups is 1. The monoisotopic (exact) mass is 251 g/mol. The molecule has 3 rings (SSSR count). The number of hydrogen-bond acceptors (Lipinski definition) is 4. The lowest BCUT2D eigenvalue weighted by Gasteiger charge is -2.27. The average molecular weight is 252 g/mol. The summed E-state index contributed by atoms with van der Waals surface area (Å²) >= 11 is 6.10. The highest BCUT2D eigenvalue weighted by molar-refractivity contribution is 6.31. The lowest BCUT2D eigenvalue weighted by molar-refractivity contribution is -0.122. The quantitative estimate of drug-likeness (QED) is 0.770. The third kappa shape index (κ3) is 1.50. The Morgan fingerprint density at radius 1 is 1.59 bits per heavy atom. The van der Waals surface area contributed by atoms with Crippen molar-refractivity contribution in [2.75, 3.05) is 6.61 Å². The van der Waals surface area contributed by atoms with Gasteiger partial charge >= 0.3 is 0 Å². The lowest BCUT2D eigenvalue weighted by atomic mass is 10.1. The van der Waals surface area contributed by atoms with Crippen LogP contribution in [-0.2, 0) is 11.3 Å². The van der Waals surface area contributed by atoms with Gasteiger partial charge in [-0.25, -0.2) is 4.99 Å². The van der Waals surface area contributed by atoms with Crippen LogP contribution in [0.4, 0.5) is 5.69 Å². The number of amides is 1. The maximum atomic E-state index is 11.6. The van der Waals surface area contributed by atoms with Crippen molar-refractivity contribution in [2.24, 2.45) is 4.99 Å². The smallest absolute Gasteiger partial charge is 0.251 e. The van der Waals surface area contributed by atoms with E-state index < -0.39 is 6.04 Å². The fourth-order valence-corrected chi connectivity index (χ4v) is 2.34. The van der Waals surface area contributed by atoms with Crippen LogP contribution in [0.3, 0.4) is 0 Å². The average Bonchev–Trinajstić information content (AvgIpc) is 2.61. The predicted molar refractivity (Wildman–Crippen MR) is 63.1 cm³/mol. The third-order valence-corrected chi connectivity index (χ3v) is 3.36. The van der Waals surface area contributed by atoms with Gasteiger partial charge in [0.25, 0.3) is 5.91 Å². The van der Waals surface area contributed by atoms with E-state index >= 15 is 0 Å². The van der Waals surface area contributed by atoms with Crippen LogP contribution >= 0.6 is 11.6 Å². The SMILES string of the molecule is O=C1NC2=Nc3cccc(Cl)c3CN2C1CO. The second kappa shape index (κ2) is 3.72. The molecule has 2 aliphatic rings. The highest BCUT2D eigenvalue weighted by atomic mass is 35.5. The fraction of sp³-hybridized carbons (Fsp3) is 0.273. The summed E-state index contributed by atoms with van der Waals surface area (Å²) in [5.41, 5.74) is 1.65. The van der Waals surface area contributed by atoms with Crippen LogP contribution < -0.4 is 5.32 Å². The molecule has 1 saturated heterocycles. The van der Waals surface area contributed by atoms with Crippen LogP contribution in [0.15, 0.2) is 23.2 Å². The number of fused-ring (bicyclic) bond motifs is 2. The number of carbonyl (C=O) groups excluding carboxylic acids is 1. The first-order valence-electron chi connectivity index (χ1n) is 5.25. The molecule has 0 radical (unpaired) electrons. The molecule has 0 bridgehead atoms. The summed E-state index contributed by atoms with van der Waals surface area (Å²) < 4.78 is 0. The van der Waals surface area contributed by atoms with Crippen LogP contribution in [-0.4, -0.2) is 34.5 Å². The molecule has 2 N–H and O–H groups in total. The van der Waals surface area contributed by atoms with Crippen LogP contribution in [0.25, 0.3) is 0 Å².